The van der Waals surface area contributed by atoms with Gasteiger partial charge in [-0.3, -0.25) is 9.69 Å². The first-order valence-corrected chi connectivity index (χ1v) is 10.2. The summed E-state index contributed by atoms with van der Waals surface area (Å²) < 4.78 is 0. The average Bonchev–Trinajstić information content (AvgIpc) is 2.74. The lowest BCUT2D eigenvalue weighted by atomic mass is 10.1. The van der Waals surface area contributed by atoms with E-state index in [0.717, 1.165) is 26.2 Å². The second-order valence-electron chi connectivity index (χ2n) is 7.52. The van der Waals surface area contributed by atoms with E-state index in [9.17, 15) is 14.7 Å². The molecule has 1 aliphatic heterocycles. The molecule has 1 atom stereocenters. The van der Waals surface area contributed by atoms with Crippen molar-refractivity contribution in [2.75, 3.05) is 36.4 Å². The van der Waals surface area contributed by atoms with Gasteiger partial charge >= 0.3 is 5.97 Å². The topological polar surface area (TPSA) is 72.9 Å². The molecule has 1 fully saturated rings. The van der Waals surface area contributed by atoms with Crippen LogP contribution in [0.1, 0.15) is 47.4 Å². The third-order valence-corrected chi connectivity index (χ3v) is 5.51. The number of benzene rings is 2. The van der Waals surface area contributed by atoms with Gasteiger partial charge in [0.15, 0.2) is 0 Å². The maximum atomic E-state index is 12.4. The lowest BCUT2D eigenvalue weighted by Gasteiger charge is -2.39. The molecule has 1 amide bonds. The van der Waals surface area contributed by atoms with E-state index in [0.29, 0.717) is 23.0 Å². The van der Waals surface area contributed by atoms with Crippen LogP contribution in [0, 0.1) is 0 Å². The number of piperazine rings is 1. The predicted octanol–water partition coefficient (Wildman–Crippen LogP) is 3.95. The maximum Gasteiger partial charge on any atom is 0.337 e. The molecule has 2 N–H and O–H groups in total. The average molecular weight is 396 g/mol. The van der Waals surface area contributed by atoms with Gasteiger partial charge in [-0.2, -0.15) is 0 Å². The van der Waals surface area contributed by atoms with E-state index in [-0.39, 0.29) is 11.5 Å². The lowest BCUT2D eigenvalue weighted by molar-refractivity contribution is 0.0697. The number of nitrogens with zero attached hydrogens (tertiary/aromatic N) is 2. The highest BCUT2D eigenvalue weighted by Crippen LogP contribution is 2.26. The summed E-state index contributed by atoms with van der Waals surface area (Å²) in [6.45, 7) is 7.89. The molecule has 0 bridgehead atoms. The molecule has 3 rings (SSSR count). The molecule has 1 aliphatic rings. The minimum atomic E-state index is -0.988. The summed E-state index contributed by atoms with van der Waals surface area (Å²) in [6.07, 6.45) is 2.34. The molecule has 0 spiro atoms. The number of carbonyl (C=O) groups is 2. The summed E-state index contributed by atoms with van der Waals surface area (Å²) in [5.74, 6) is -1.24. The normalized spacial score (nSPS) is 15.7. The molecule has 1 unspecified atom stereocenters. The predicted molar refractivity (Wildman–Crippen MR) is 116 cm³/mol. The Morgan fingerprint density at radius 1 is 1.07 bits per heavy atom. The Labute approximate surface area is 172 Å². The van der Waals surface area contributed by atoms with Crippen LogP contribution in [0.5, 0.6) is 0 Å². The number of rotatable bonds is 7. The third-order valence-electron chi connectivity index (χ3n) is 5.51. The maximum absolute atomic E-state index is 12.4. The number of nitrogens with one attached hydrogen (secondary N) is 1. The molecule has 6 heteroatoms. The van der Waals surface area contributed by atoms with Gasteiger partial charge in [0.1, 0.15) is 0 Å². The molecule has 1 heterocycles. The molecule has 0 aromatic heterocycles. The van der Waals surface area contributed by atoms with Gasteiger partial charge < -0.3 is 15.3 Å². The Hall–Kier alpha value is -2.86. The molecule has 2 aromatic carbocycles. The second-order valence-corrected chi connectivity index (χ2v) is 7.52. The van der Waals surface area contributed by atoms with Crippen molar-refractivity contribution in [3.63, 3.8) is 0 Å². The molecular formula is C23H29N3O3. The Morgan fingerprint density at radius 3 is 2.38 bits per heavy atom. The van der Waals surface area contributed by atoms with Crippen LogP contribution < -0.4 is 10.2 Å². The first kappa shape index (κ1) is 20.9. The molecule has 0 saturated carbocycles. The molecule has 1 saturated heterocycles. The summed E-state index contributed by atoms with van der Waals surface area (Å²) in [4.78, 5) is 28.8. The van der Waals surface area contributed by atoms with Gasteiger partial charge in [0.25, 0.3) is 5.91 Å². The number of carboxylic acid groups (broad SMARTS) is 1. The zero-order chi connectivity index (χ0) is 20.8. The number of anilines is 2. The van der Waals surface area contributed by atoms with Gasteiger partial charge in [0.2, 0.25) is 0 Å². The van der Waals surface area contributed by atoms with Gasteiger partial charge in [-0.1, -0.05) is 31.5 Å². The number of aromatic carboxylic acids is 1. The van der Waals surface area contributed by atoms with Gasteiger partial charge in [0, 0.05) is 43.5 Å². The minimum Gasteiger partial charge on any atom is -0.478 e. The van der Waals surface area contributed by atoms with Crippen LogP contribution in [0.25, 0.3) is 0 Å². The summed E-state index contributed by atoms with van der Waals surface area (Å²) in [6, 6.07) is 14.5. The van der Waals surface area contributed by atoms with Crippen LogP contribution in [0.2, 0.25) is 0 Å². The van der Waals surface area contributed by atoms with E-state index in [4.69, 9.17) is 0 Å². The van der Waals surface area contributed by atoms with Crippen molar-refractivity contribution in [2.24, 2.45) is 0 Å². The highest BCUT2D eigenvalue weighted by atomic mass is 16.4. The van der Waals surface area contributed by atoms with E-state index in [1.807, 2.05) is 6.07 Å². The molecule has 0 aliphatic carbocycles. The van der Waals surface area contributed by atoms with Gasteiger partial charge in [-0.25, -0.2) is 4.79 Å². The number of amides is 1. The van der Waals surface area contributed by atoms with Crippen LogP contribution in [0.15, 0.2) is 48.5 Å². The molecule has 6 nitrogen and oxygen atoms in total. The first-order valence-electron chi connectivity index (χ1n) is 10.2. The monoisotopic (exact) mass is 395 g/mol. The standard InChI is InChI=1S/C23H29N3O3/c1-3-7-17(2)25-12-14-26(15-13-25)21-11-10-19(16-20(21)23(28)29)24-22(27)18-8-5-4-6-9-18/h4-6,8-11,16-17H,3,7,12-15H2,1-2H3,(H,24,27)(H,28,29). The molecular weight excluding hydrogens is 366 g/mol. The Kier molecular flexibility index (Phi) is 6.88. The van der Waals surface area contributed by atoms with E-state index in [1.54, 1.807) is 42.5 Å². The number of hydrogen-bond donors (Lipinski definition) is 2. The van der Waals surface area contributed by atoms with E-state index < -0.39 is 5.97 Å². The van der Waals surface area contributed by atoms with Crippen molar-refractivity contribution >= 4 is 23.3 Å². The van der Waals surface area contributed by atoms with E-state index >= 15 is 0 Å². The zero-order valence-corrected chi connectivity index (χ0v) is 17.1. The van der Waals surface area contributed by atoms with E-state index in [1.165, 1.54) is 12.8 Å². The van der Waals surface area contributed by atoms with Crippen molar-refractivity contribution < 1.29 is 14.7 Å². The fraction of sp³-hybridized carbons (Fsp3) is 0.391. The Morgan fingerprint density at radius 2 is 1.76 bits per heavy atom. The van der Waals surface area contributed by atoms with Gasteiger partial charge in [-0.05, 0) is 43.7 Å². The largest absolute Gasteiger partial charge is 0.478 e. The van der Waals surface area contributed by atoms with Crippen molar-refractivity contribution in [1.29, 1.82) is 0 Å². The van der Waals surface area contributed by atoms with Crippen LogP contribution in [0.3, 0.4) is 0 Å². The number of hydrogen-bond acceptors (Lipinski definition) is 4. The SMILES string of the molecule is CCCC(C)N1CCN(c2ccc(NC(=O)c3ccccc3)cc2C(=O)O)CC1. The van der Waals surface area contributed by atoms with Crippen molar-refractivity contribution in [3.8, 4) is 0 Å². The molecule has 2 aromatic rings. The first-order chi connectivity index (χ1) is 14.0. The fourth-order valence-corrected chi connectivity index (χ4v) is 3.86. The smallest absolute Gasteiger partial charge is 0.337 e. The summed E-state index contributed by atoms with van der Waals surface area (Å²) in [7, 11) is 0. The summed E-state index contributed by atoms with van der Waals surface area (Å²) in [5.41, 5.74) is 1.94. The van der Waals surface area contributed by atoms with Gasteiger partial charge in [0.05, 0.1) is 11.3 Å². The molecule has 154 valence electrons. The van der Waals surface area contributed by atoms with Crippen molar-refractivity contribution in [1.82, 2.24) is 4.90 Å². The third kappa shape index (κ3) is 5.15. The van der Waals surface area contributed by atoms with Gasteiger partial charge in [-0.15, -0.1) is 0 Å². The molecule has 29 heavy (non-hydrogen) atoms. The second kappa shape index (κ2) is 9.56. The number of carbonyl (C=O) groups excluding carboxylic acids is 1. The van der Waals surface area contributed by atoms with E-state index in [2.05, 4.69) is 29.0 Å². The quantitative estimate of drug-likeness (QED) is 0.743. The van der Waals surface area contributed by atoms with Crippen LogP contribution >= 0.6 is 0 Å². The summed E-state index contributed by atoms with van der Waals surface area (Å²) in [5, 5.41) is 12.5. The fourth-order valence-electron chi connectivity index (χ4n) is 3.86. The highest BCUT2D eigenvalue weighted by molar-refractivity contribution is 6.05. The van der Waals surface area contributed by atoms with Crippen LogP contribution in [-0.4, -0.2) is 54.1 Å². The Bertz CT molecular complexity index is 846. The Balaban J connectivity index is 1.72. The van der Waals surface area contributed by atoms with Crippen molar-refractivity contribution in [3.05, 3.63) is 59.7 Å². The van der Waals surface area contributed by atoms with Crippen LogP contribution in [-0.2, 0) is 0 Å². The minimum absolute atomic E-state index is 0.214. The van der Waals surface area contributed by atoms with Crippen LogP contribution in [0.4, 0.5) is 11.4 Å². The lowest BCUT2D eigenvalue weighted by Crippen LogP contribution is -2.49. The van der Waals surface area contributed by atoms with Crippen molar-refractivity contribution in [2.45, 2.75) is 32.7 Å². The highest BCUT2D eigenvalue weighted by Gasteiger charge is 2.24. The zero-order valence-electron chi connectivity index (χ0n) is 17.1. The number of carboxylic acids is 1. The molecule has 0 radical (unpaired) electrons. The summed E-state index contributed by atoms with van der Waals surface area (Å²) >= 11 is 0.